The highest BCUT2D eigenvalue weighted by atomic mass is 35.5. The van der Waals surface area contributed by atoms with Crippen molar-refractivity contribution in [3.8, 4) is 0 Å². The van der Waals surface area contributed by atoms with Gasteiger partial charge in [-0.25, -0.2) is 0 Å². The number of amides is 1. The van der Waals surface area contributed by atoms with Crippen molar-refractivity contribution >= 4 is 45.7 Å². The zero-order valence-electron chi connectivity index (χ0n) is 11.9. The quantitative estimate of drug-likeness (QED) is 0.929. The van der Waals surface area contributed by atoms with Gasteiger partial charge in [-0.3, -0.25) is 14.6 Å². The Bertz CT molecular complexity index is 650. The molecule has 0 saturated carbocycles. The Labute approximate surface area is 132 Å². The number of nitrogens with zero attached hydrogens (tertiary/aromatic N) is 1. The lowest BCUT2D eigenvalue weighted by molar-refractivity contribution is -0.119. The van der Waals surface area contributed by atoms with E-state index in [-0.39, 0.29) is 11.7 Å². The molecule has 6 heteroatoms. The molecule has 1 aromatic rings. The van der Waals surface area contributed by atoms with Crippen molar-refractivity contribution in [1.82, 2.24) is 5.32 Å². The molecular weight excluding hydrogens is 308 g/mol. The number of benzene rings is 1. The third-order valence-corrected chi connectivity index (χ3v) is 4.29. The molecule has 21 heavy (non-hydrogen) atoms. The summed E-state index contributed by atoms with van der Waals surface area (Å²) in [6.07, 6.45) is 0. The molecule has 1 atom stereocenters. The van der Waals surface area contributed by atoms with Crippen LogP contribution in [0.2, 0.25) is 5.02 Å². The highest BCUT2D eigenvalue weighted by Gasteiger charge is 2.26. The van der Waals surface area contributed by atoms with Gasteiger partial charge in [-0.1, -0.05) is 35.5 Å². The van der Waals surface area contributed by atoms with E-state index in [9.17, 15) is 9.59 Å². The molecule has 1 unspecified atom stereocenters. The number of hydrogen-bond acceptors (Lipinski definition) is 4. The SMILES string of the molecule is CC(=O)NC1N=C(C)C(C(C)=O)=C(c2ccc(Cl)cc2)S1. The van der Waals surface area contributed by atoms with Gasteiger partial charge >= 0.3 is 0 Å². The van der Waals surface area contributed by atoms with Gasteiger partial charge < -0.3 is 5.32 Å². The van der Waals surface area contributed by atoms with Crippen LogP contribution in [0.3, 0.4) is 0 Å². The van der Waals surface area contributed by atoms with Gasteiger partial charge in [0, 0.05) is 22.6 Å². The first kappa shape index (κ1) is 15.8. The number of Topliss-reactive ketones (excluding diaryl/α,β-unsaturated/α-hetero) is 1. The van der Waals surface area contributed by atoms with Crippen LogP contribution in [0.5, 0.6) is 0 Å². The summed E-state index contributed by atoms with van der Waals surface area (Å²) in [4.78, 5) is 28.3. The van der Waals surface area contributed by atoms with E-state index in [2.05, 4.69) is 10.3 Å². The van der Waals surface area contributed by atoms with Gasteiger partial charge in [-0.2, -0.15) is 0 Å². The lowest BCUT2D eigenvalue weighted by Gasteiger charge is -2.24. The third kappa shape index (κ3) is 3.74. The number of hydrogen-bond donors (Lipinski definition) is 1. The summed E-state index contributed by atoms with van der Waals surface area (Å²) in [5, 5.41) is 3.38. The topological polar surface area (TPSA) is 58.5 Å². The van der Waals surface area contributed by atoms with Crippen LogP contribution in [0.4, 0.5) is 0 Å². The van der Waals surface area contributed by atoms with Crippen LogP contribution in [-0.4, -0.2) is 22.9 Å². The first-order chi connectivity index (χ1) is 9.88. The maximum atomic E-state index is 11.9. The van der Waals surface area contributed by atoms with Crippen LogP contribution >= 0.6 is 23.4 Å². The maximum Gasteiger partial charge on any atom is 0.219 e. The summed E-state index contributed by atoms with van der Waals surface area (Å²) < 4.78 is 0. The van der Waals surface area contributed by atoms with Gasteiger partial charge in [0.2, 0.25) is 5.91 Å². The number of ketones is 1. The molecule has 0 saturated heterocycles. The second-order valence-corrected chi connectivity index (χ2v) is 6.18. The summed E-state index contributed by atoms with van der Waals surface area (Å²) in [7, 11) is 0. The van der Waals surface area contributed by atoms with Crippen LogP contribution in [0.25, 0.3) is 4.91 Å². The lowest BCUT2D eigenvalue weighted by Crippen LogP contribution is -2.32. The lowest BCUT2D eigenvalue weighted by atomic mass is 10.0. The molecule has 1 heterocycles. The average molecular weight is 323 g/mol. The Balaban J connectivity index is 2.47. The number of rotatable bonds is 3. The molecule has 4 nitrogen and oxygen atoms in total. The van der Waals surface area contributed by atoms with Crippen molar-refractivity contribution in [1.29, 1.82) is 0 Å². The Morgan fingerprint density at radius 2 is 1.86 bits per heavy atom. The Morgan fingerprint density at radius 1 is 1.24 bits per heavy atom. The first-order valence-corrected chi connectivity index (χ1v) is 7.64. The number of halogens is 1. The van der Waals surface area contributed by atoms with Crippen LogP contribution in [-0.2, 0) is 9.59 Å². The smallest absolute Gasteiger partial charge is 0.219 e. The summed E-state index contributed by atoms with van der Waals surface area (Å²) in [5.74, 6) is -0.208. The van der Waals surface area contributed by atoms with Crippen LogP contribution < -0.4 is 5.32 Å². The molecule has 110 valence electrons. The minimum absolute atomic E-state index is 0.0463. The Morgan fingerprint density at radius 3 is 2.38 bits per heavy atom. The number of allylic oxidation sites excluding steroid dienone is 1. The zero-order valence-corrected chi connectivity index (χ0v) is 13.5. The first-order valence-electron chi connectivity index (χ1n) is 6.38. The van der Waals surface area contributed by atoms with E-state index in [1.165, 1.54) is 25.6 Å². The zero-order chi connectivity index (χ0) is 15.6. The fraction of sp³-hybridized carbons (Fsp3) is 0.267. The van der Waals surface area contributed by atoms with Crippen molar-refractivity contribution in [2.45, 2.75) is 26.3 Å². The highest BCUT2D eigenvalue weighted by Crippen LogP contribution is 2.38. The molecule has 1 aliphatic rings. The summed E-state index contributed by atoms with van der Waals surface area (Å²) >= 11 is 7.26. The van der Waals surface area contributed by atoms with E-state index >= 15 is 0 Å². The van der Waals surface area contributed by atoms with E-state index in [4.69, 9.17) is 11.6 Å². The molecule has 0 bridgehead atoms. The Kier molecular flexibility index (Phi) is 4.85. The molecule has 1 amide bonds. The van der Waals surface area contributed by atoms with E-state index in [0.717, 1.165) is 10.5 Å². The second-order valence-electron chi connectivity index (χ2n) is 4.65. The monoisotopic (exact) mass is 322 g/mol. The number of nitrogens with one attached hydrogen (secondary N) is 1. The van der Waals surface area contributed by atoms with Crippen molar-refractivity contribution in [2.24, 2.45) is 4.99 Å². The fourth-order valence-corrected chi connectivity index (χ4v) is 3.53. The average Bonchev–Trinajstić information content (AvgIpc) is 2.37. The standard InChI is InChI=1S/C15H15ClN2O2S/c1-8-13(9(2)19)14(11-4-6-12(16)7-5-11)21-15(17-8)18-10(3)20/h4-7,15H,1-3H3,(H,18,20). The van der Waals surface area contributed by atoms with Gasteiger partial charge in [-0.15, -0.1) is 0 Å². The predicted molar refractivity (Wildman–Crippen MR) is 87.4 cm³/mol. The Hall–Kier alpha value is -1.59. The van der Waals surface area contributed by atoms with Crippen molar-refractivity contribution < 1.29 is 9.59 Å². The molecule has 0 aliphatic carbocycles. The van der Waals surface area contributed by atoms with Gasteiger partial charge in [0.15, 0.2) is 11.3 Å². The molecule has 0 radical (unpaired) electrons. The van der Waals surface area contributed by atoms with E-state index in [1.807, 2.05) is 12.1 Å². The summed E-state index contributed by atoms with van der Waals surface area (Å²) in [6.45, 7) is 4.74. The normalized spacial score (nSPS) is 18.3. The minimum atomic E-state index is -0.420. The molecule has 0 fully saturated rings. The van der Waals surface area contributed by atoms with Crippen molar-refractivity contribution in [3.05, 3.63) is 40.4 Å². The van der Waals surface area contributed by atoms with Crippen molar-refractivity contribution in [2.75, 3.05) is 0 Å². The van der Waals surface area contributed by atoms with Gasteiger partial charge in [0.1, 0.15) is 0 Å². The molecule has 2 rings (SSSR count). The molecule has 1 N–H and O–H groups in total. The molecule has 1 aromatic carbocycles. The molecule has 0 spiro atoms. The highest BCUT2D eigenvalue weighted by molar-refractivity contribution is 8.09. The van der Waals surface area contributed by atoms with Gasteiger partial charge in [0.05, 0.1) is 5.57 Å². The minimum Gasteiger partial charge on any atom is -0.326 e. The van der Waals surface area contributed by atoms with Crippen LogP contribution in [0, 0.1) is 0 Å². The number of carbonyl (C=O) groups is 2. The largest absolute Gasteiger partial charge is 0.326 e. The summed E-state index contributed by atoms with van der Waals surface area (Å²) in [5.41, 5.74) is 1.68. The van der Waals surface area contributed by atoms with E-state index in [1.54, 1.807) is 19.1 Å². The molecular formula is C15H15ClN2O2S. The van der Waals surface area contributed by atoms with E-state index in [0.29, 0.717) is 16.3 Å². The van der Waals surface area contributed by atoms with Crippen molar-refractivity contribution in [3.63, 3.8) is 0 Å². The number of thioether (sulfide) groups is 1. The molecule has 0 aromatic heterocycles. The number of carbonyl (C=O) groups excluding carboxylic acids is 2. The maximum absolute atomic E-state index is 11.9. The fourth-order valence-electron chi connectivity index (χ4n) is 2.07. The molecule has 1 aliphatic heterocycles. The van der Waals surface area contributed by atoms with Crippen LogP contribution in [0.1, 0.15) is 26.3 Å². The summed E-state index contributed by atoms with van der Waals surface area (Å²) in [6, 6.07) is 7.27. The predicted octanol–water partition coefficient (Wildman–Crippen LogP) is 3.27. The second kappa shape index (κ2) is 6.45. The number of aliphatic imine (C=N–C) groups is 1. The third-order valence-electron chi connectivity index (χ3n) is 2.91. The van der Waals surface area contributed by atoms with Gasteiger partial charge in [0.25, 0.3) is 0 Å². The van der Waals surface area contributed by atoms with Crippen LogP contribution in [0.15, 0.2) is 34.8 Å². The van der Waals surface area contributed by atoms with Gasteiger partial charge in [-0.05, 0) is 31.5 Å². The van der Waals surface area contributed by atoms with E-state index < -0.39 is 5.50 Å².